The number of ether oxygens (including phenoxy) is 1. The first-order valence-electron chi connectivity index (χ1n) is 6.88. The summed E-state index contributed by atoms with van der Waals surface area (Å²) >= 11 is 0. The smallest absolute Gasteiger partial charge is 0.232 e. The molecule has 3 rings (SSSR count). The molecule has 19 heavy (non-hydrogen) atoms. The van der Waals surface area contributed by atoms with Gasteiger partial charge in [0.1, 0.15) is 0 Å². The average molecular weight is 257 g/mol. The molecule has 1 aliphatic heterocycles. The van der Waals surface area contributed by atoms with E-state index in [1.165, 1.54) is 24.8 Å². The van der Waals surface area contributed by atoms with Gasteiger partial charge in [-0.1, -0.05) is 12.5 Å². The number of nitrogens with one attached hydrogen (secondary N) is 1. The van der Waals surface area contributed by atoms with Crippen LogP contribution in [0.4, 0.5) is 0 Å². The normalized spacial score (nSPS) is 19.5. The van der Waals surface area contributed by atoms with Crippen molar-refractivity contribution in [2.45, 2.75) is 31.7 Å². The number of piperidine rings is 1. The third-order valence-corrected chi connectivity index (χ3v) is 3.69. The molecule has 100 valence electrons. The Labute approximate surface area is 113 Å². The van der Waals surface area contributed by atoms with Crippen molar-refractivity contribution in [1.82, 2.24) is 15.3 Å². The molecule has 2 heterocycles. The summed E-state index contributed by atoms with van der Waals surface area (Å²) in [5, 5.41) is 3.58. The topological polar surface area (TPSA) is 47.0 Å². The van der Waals surface area contributed by atoms with Crippen LogP contribution < -0.4 is 10.1 Å². The van der Waals surface area contributed by atoms with Crippen LogP contribution in [0.1, 0.15) is 24.8 Å². The van der Waals surface area contributed by atoms with Gasteiger partial charge in [-0.2, -0.15) is 0 Å². The molecule has 1 unspecified atom stereocenters. The molecule has 0 bridgehead atoms. The lowest BCUT2D eigenvalue weighted by Crippen LogP contribution is -2.35. The lowest BCUT2D eigenvalue weighted by molar-refractivity contribution is 0.397. The predicted molar refractivity (Wildman–Crippen MR) is 75.4 cm³/mol. The number of methoxy groups -OCH3 is 1. The highest BCUT2D eigenvalue weighted by Crippen LogP contribution is 2.18. The van der Waals surface area contributed by atoms with Crippen LogP contribution in [-0.4, -0.2) is 29.7 Å². The van der Waals surface area contributed by atoms with E-state index in [9.17, 15) is 0 Å². The highest BCUT2D eigenvalue weighted by Gasteiger charge is 2.13. The van der Waals surface area contributed by atoms with Crippen LogP contribution in [0.5, 0.6) is 5.88 Å². The van der Waals surface area contributed by atoms with Crippen molar-refractivity contribution < 1.29 is 4.74 Å². The zero-order chi connectivity index (χ0) is 13.1. The van der Waals surface area contributed by atoms with Crippen LogP contribution in [0.15, 0.2) is 24.4 Å². The zero-order valence-corrected chi connectivity index (χ0v) is 11.2. The molecule has 0 amide bonds. The van der Waals surface area contributed by atoms with E-state index in [1.807, 2.05) is 6.07 Å². The van der Waals surface area contributed by atoms with Gasteiger partial charge in [-0.25, -0.2) is 9.97 Å². The first-order chi connectivity index (χ1) is 9.35. The molecule has 0 saturated carbocycles. The van der Waals surface area contributed by atoms with Crippen LogP contribution >= 0.6 is 0 Å². The quantitative estimate of drug-likeness (QED) is 0.916. The van der Waals surface area contributed by atoms with Crippen LogP contribution in [0, 0.1) is 0 Å². The molecule has 1 fully saturated rings. The highest BCUT2D eigenvalue weighted by atomic mass is 16.5. The molecule has 1 atom stereocenters. The number of benzene rings is 1. The van der Waals surface area contributed by atoms with Crippen LogP contribution in [-0.2, 0) is 6.42 Å². The van der Waals surface area contributed by atoms with Crippen molar-refractivity contribution in [3.63, 3.8) is 0 Å². The Hall–Kier alpha value is -1.68. The van der Waals surface area contributed by atoms with Crippen molar-refractivity contribution in [2.24, 2.45) is 0 Å². The Balaban J connectivity index is 1.80. The van der Waals surface area contributed by atoms with Gasteiger partial charge in [0.05, 0.1) is 24.3 Å². The average Bonchev–Trinajstić information content (AvgIpc) is 2.48. The first kappa shape index (κ1) is 12.4. The third-order valence-electron chi connectivity index (χ3n) is 3.69. The number of rotatable bonds is 3. The summed E-state index contributed by atoms with van der Waals surface area (Å²) in [7, 11) is 1.61. The summed E-state index contributed by atoms with van der Waals surface area (Å²) in [5.41, 5.74) is 3.15. The maximum absolute atomic E-state index is 5.09. The molecule has 4 nitrogen and oxygen atoms in total. The second-order valence-electron chi connectivity index (χ2n) is 5.09. The molecular weight excluding hydrogens is 238 g/mol. The van der Waals surface area contributed by atoms with Gasteiger partial charge in [-0.05, 0) is 43.5 Å². The van der Waals surface area contributed by atoms with E-state index in [4.69, 9.17) is 4.74 Å². The van der Waals surface area contributed by atoms with Gasteiger partial charge in [0.2, 0.25) is 5.88 Å². The molecule has 1 N–H and O–H groups in total. The van der Waals surface area contributed by atoms with Crippen LogP contribution in [0.25, 0.3) is 11.0 Å². The summed E-state index contributed by atoms with van der Waals surface area (Å²) in [6.45, 7) is 1.15. The minimum atomic E-state index is 0.564. The number of hydrogen-bond donors (Lipinski definition) is 1. The molecule has 1 saturated heterocycles. The maximum Gasteiger partial charge on any atom is 0.232 e. The molecule has 4 heteroatoms. The van der Waals surface area contributed by atoms with Gasteiger partial charge in [0, 0.05) is 6.04 Å². The molecule has 0 spiro atoms. The van der Waals surface area contributed by atoms with E-state index < -0.39 is 0 Å². The van der Waals surface area contributed by atoms with Crippen molar-refractivity contribution in [1.29, 1.82) is 0 Å². The zero-order valence-electron chi connectivity index (χ0n) is 11.2. The lowest BCUT2D eigenvalue weighted by Gasteiger charge is -2.23. The highest BCUT2D eigenvalue weighted by molar-refractivity contribution is 5.75. The molecule has 2 aromatic rings. The summed E-state index contributed by atoms with van der Waals surface area (Å²) in [4.78, 5) is 8.78. The van der Waals surface area contributed by atoms with E-state index in [-0.39, 0.29) is 0 Å². The van der Waals surface area contributed by atoms with Gasteiger partial charge in [0.15, 0.2) is 0 Å². The molecular formula is C15H19N3O. The second-order valence-corrected chi connectivity index (χ2v) is 5.09. The Morgan fingerprint density at radius 3 is 3.05 bits per heavy atom. The van der Waals surface area contributed by atoms with Gasteiger partial charge < -0.3 is 10.1 Å². The van der Waals surface area contributed by atoms with E-state index >= 15 is 0 Å². The molecule has 0 aliphatic carbocycles. The fourth-order valence-corrected chi connectivity index (χ4v) is 2.65. The minimum absolute atomic E-state index is 0.564. The second kappa shape index (κ2) is 5.53. The number of fused-ring (bicyclic) bond motifs is 1. The summed E-state index contributed by atoms with van der Waals surface area (Å²) in [6.07, 6.45) is 6.66. The van der Waals surface area contributed by atoms with Crippen LogP contribution in [0.2, 0.25) is 0 Å². The minimum Gasteiger partial charge on any atom is -0.480 e. The first-order valence-corrected chi connectivity index (χ1v) is 6.88. The number of nitrogens with zero attached hydrogens (tertiary/aromatic N) is 2. The molecule has 0 radical (unpaired) electrons. The van der Waals surface area contributed by atoms with E-state index in [2.05, 4.69) is 27.4 Å². The molecule has 1 aromatic carbocycles. The Bertz CT molecular complexity index is 564. The van der Waals surface area contributed by atoms with Crippen molar-refractivity contribution in [2.75, 3.05) is 13.7 Å². The molecule has 1 aliphatic rings. The van der Waals surface area contributed by atoms with Crippen molar-refractivity contribution in [3.05, 3.63) is 30.0 Å². The maximum atomic E-state index is 5.09. The summed E-state index contributed by atoms with van der Waals surface area (Å²) in [6, 6.07) is 6.92. The SMILES string of the molecule is COc1cnc2cc(CC3CCCCN3)ccc2n1. The molecule has 1 aromatic heterocycles. The van der Waals surface area contributed by atoms with E-state index in [0.717, 1.165) is 24.0 Å². The predicted octanol–water partition coefficient (Wildman–Crippen LogP) is 2.32. The van der Waals surface area contributed by atoms with Crippen molar-refractivity contribution >= 4 is 11.0 Å². The fraction of sp³-hybridized carbons (Fsp3) is 0.467. The van der Waals surface area contributed by atoms with Gasteiger partial charge in [-0.3, -0.25) is 0 Å². The lowest BCUT2D eigenvalue weighted by atomic mass is 9.97. The Morgan fingerprint density at radius 2 is 2.26 bits per heavy atom. The van der Waals surface area contributed by atoms with E-state index in [0.29, 0.717) is 11.9 Å². The van der Waals surface area contributed by atoms with Gasteiger partial charge in [0.25, 0.3) is 0 Å². The standard InChI is InChI=1S/C15H19N3O/c1-19-15-10-17-14-9-11(5-6-13(14)18-15)8-12-4-2-3-7-16-12/h5-6,9-10,12,16H,2-4,7-8H2,1H3. The fourth-order valence-electron chi connectivity index (χ4n) is 2.65. The van der Waals surface area contributed by atoms with Crippen molar-refractivity contribution in [3.8, 4) is 5.88 Å². The largest absolute Gasteiger partial charge is 0.480 e. The van der Waals surface area contributed by atoms with E-state index in [1.54, 1.807) is 13.3 Å². The monoisotopic (exact) mass is 257 g/mol. The van der Waals surface area contributed by atoms with Gasteiger partial charge in [-0.15, -0.1) is 0 Å². The Kier molecular flexibility index (Phi) is 3.60. The number of aromatic nitrogens is 2. The van der Waals surface area contributed by atoms with Crippen LogP contribution in [0.3, 0.4) is 0 Å². The van der Waals surface area contributed by atoms with Gasteiger partial charge >= 0.3 is 0 Å². The number of hydrogen-bond acceptors (Lipinski definition) is 4. The summed E-state index contributed by atoms with van der Waals surface area (Å²) < 4.78 is 5.09. The third kappa shape index (κ3) is 2.84. The summed E-state index contributed by atoms with van der Waals surface area (Å²) in [5.74, 6) is 0.564. The Morgan fingerprint density at radius 1 is 1.32 bits per heavy atom.